The monoisotopic (exact) mass is 475 g/mol. The lowest BCUT2D eigenvalue weighted by molar-refractivity contribution is -0.116. The first-order valence-electron chi connectivity index (χ1n) is 8.80. The average Bonchev–Trinajstić information content (AvgIpc) is 2.69. The van der Waals surface area contributed by atoms with Gasteiger partial charge in [0.15, 0.2) is 0 Å². The third-order valence-corrected chi connectivity index (χ3v) is 7.15. The maximum atomic E-state index is 12.3. The van der Waals surface area contributed by atoms with Crippen LogP contribution < -0.4 is 19.5 Å². The van der Waals surface area contributed by atoms with Gasteiger partial charge >= 0.3 is 0 Å². The normalized spacial score (nSPS) is 11.7. The summed E-state index contributed by atoms with van der Waals surface area (Å²) in [6, 6.07) is 10.4. The van der Waals surface area contributed by atoms with Crippen LogP contribution in [0.5, 0.6) is 5.75 Å². The molecular formula is C18H22ClN3O6S2. The fourth-order valence-electron chi connectivity index (χ4n) is 2.36. The highest BCUT2D eigenvalue weighted by Gasteiger charge is 2.17. The second-order valence-corrected chi connectivity index (χ2v) is 10.2. The number of anilines is 2. The smallest absolute Gasteiger partial charge is 0.242 e. The van der Waals surface area contributed by atoms with E-state index in [0.29, 0.717) is 5.69 Å². The van der Waals surface area contributed by atoms with Crippen LogP contribution in [0.3, 0.4) is 0 Å². The minimum atomic E-state index is -3.84. The van der Waals surface area contributed by atoms with Gasteiger partial charge in [-0.05, 0) is 31.2 Å². The van der Waals surface area contributed by atoms with Gasteiger partial charge in [0.05, 0.1) is 23.6 Å². The Kier molecular flexibility index (Phi) is 8.07. The van der Waals surface area contributed by atoms with E-state index in [0.717, 1.165) is 0 Å². The van der Waals surface area contributed by atoms with E-state index >= 15 is 0 Å². The lowest BCUT2D eigenvalue weighted by Gasteiger charge is -2.13. The summed E-state index contributed by atoms with van der Waals surface area (Å²) < 4.78 is 57.8. The lowest BCUT2D eigenvalue weighted by atomic mass is 10.2. The van der Waals surface area contributed by atoms with Gasteiger partial charge in [-0.1, -0.05) is 23.7 Å². The van der Waals surface area contributed by atoms with E-state index in [2.05, 4.69) is 14.8 Å². The molecule has 0 aliphatic heterocycles. The van der Waals surface area contributed by atoms with E-state index in [-0.39, 0.29) is 40.1 Å². The molecule has 0 radical (unpaired) electrons. The molecule has 0 aliphatic rings. The summed E-state index contributed by atoms with van der Waals surface area (Å²) in [6.07, 6.45) is -0.129. The molecule has 12 heteroatoms. The van der Waals surface area contributed by atoms with Gasteiger partial charge in [0, 0.05) is 24.7 Å². The summed E-state index contributed by atoms with van der Waals surface area (Å²) in [7, 11) is -5.96. The third kappa shape index (κ3) is 6.59. The fourth-order valence-corrected chi connectivity index (χ4v) is 4.55. The molecule has 0 bridgehead atoms. The predicted molar refractivity (Wildman–Crippen MR) is 116 cm³/mol. The quantitative estimate of drug-likeness (QED) is 0.483. The molecule has 2 aromatic rings. The summed E-state index contributed by atoms with van der Waals surface area (Å²) in [5.41, 5.74) is 0.607. The number of rotatable bonds is 10. The van der Waals surface area contributed by atoms with Crippen LogP contribution in [0.2, 0.25) is 5.02 Å². The van der Waals surface area contributed by atoms with Crippen LogP contribution in [0.25, 0.3) is 0 Å². The average molecular weight is 476 g/mol. The highest BCUT2D eigenvalue weighted by molar-refractivity contribution is 7.92. The molecule has 0 aromatic heterocycles. The summed E-state index contributed by atoms with van der Waals surface area (Å²) in [4.78, 5) is 12.1. The molecule has 1 amide bonds. The number of benzene rings is 2. The Labute approximate surface area is 180 Å². The molecule has 3 N–H and O–H groups in total. The number of nitrogens with one attached hydrogen (secondary N) is 3. The largest absolute Gasteiger partial charge is 0.494 e. The molecule has 9 nitrogen and oxygen atoms in total. The van der Waals surface area contributed by atoms with Crippen molar-refractivity contribution in [2.24, 2.45) is 0 Å². The van der Waals surface area contributed by atoms with Crippen molar-refractivity contribution in [3.63, 3.8) is 0 Å². The van der Waals surface area contributed by atoms with Crippen molar-refractivity contribution < 1.29 is 26.4 Å². The topological polar surface area (TPSA) is 131 Å². The van der Waals surface area contributed by atoms with Crippen LogP contribution in [0, 0.1) is 0 Å². The molecule has 2 rings (SSSR count). The number of amides is 1. The number of ether oxygens (including phenoxy) is 1. The van der Waals surface area contributed by atoms with Crippen LogP contribution >= 0.6 is 11.6 Å². The Hall–Kier alpha value is -2.34. The van der Waals surface area contributed by atoms with Gasteiger partial charge < -0.3 is 10.1 Å². The highest BCUT2D eigenvalue weighted by Crippen LogP contribution is 2.29. The van der Waals surface area contributed by atoms with Crippen molar-refractivity contribution in [2.45, 2.75) is 18.2 Å². The molecule has 30 heavy (non-hydrogen) atoms. The van der Waals surface area contributed by atoms with Gasteiger partial charge in [0.1, 0.15) is 10.6 Å². The molecule has 0 unspecified atom stereocenters. The van der Waals surface area contributed by atoms with Crippen LogP contribution in [0.4, 0.5) is 11.4 Å². The van der Waals surface area contributed by atoms with Crippen molar-refractivity contribution in [1.82, 2.24) is 4.72 Å². The number of halogens is 1. The molecule has 0 atom stereocenters. The van der Waals surface area contributed by atoms with E-state index in [4.69, 9.17) is 16.3 Å². The molecule has 0 saturated heterocycles. The second-order valence-electron chi connectivity index (χ2n) is 6.05. The first-order chi connectivity index (χ1) is 14.1. The summed E-state index contributed by atoms with van der Waals surface area (Å²) in [5, 5.41) is 2.68. The van der Waals surface area contributed by atoms with E-state index in [1.54, 1.807) is 12.1 Å². The van der Waals surface area contributed by atoms with Crippen molar-refractivity contribution in [1.29, 1.82) is 0 Å². The highest BCUT2D eigenvalue weighted by atomic mass is 35.5. The van der Waals surface area contributed by atoms with E-state index in [9.17, 15) is 21.6 Å². The first kappa shape index (κ1) is 23.9. The van der Waals surface area contributed by atoms with Crippen molar-refractivity contribution >= 4 is 48.9 Å². The Bertz CT molecular complexity index is 1120. The van der Waals surface area contributed by atoms with Gasteiger partial charge in [0.25, 0.3) is 0 Å². The summed E-state index contributed by atoms with van der Waals surface area (Å²) >= 11 is 5.90. The number of methoxy groups -OCH3 is 1. The Balaban J connectivity index is 1.97. The van der Waals surface area contributed by atoms with Crippen molar-refractivity contribution in [3.8, 4) is 5.75 Å². The van der Waals surface area contributed by atoms with Crippen LogP contribution in [-0.2, 0) is 24.8 Å². The van der Waals surface area contributed by atoms with Gasteiger partial charge in [-0.2, -0.15) is 0 Å². The van der Waals surface area contributed by atoms with Crippen molar-refractivity contribution in [2.75, 3.05) is 29.4 Å². The van der Waals surface area contributed by atoms with Gasteiger partial charge in [-0.3, -0.25) is 9.52 Å². The minimum Gasteiger partial charge on any atom is -0.494 e. The van der Waals surface area contributed by atoms with Gasteiger partial charge in [-0.25, -0.2) is 21.6 Å². The molecule has 0 aliphatic carbocycles. The number of hydrogen-bond donors (Lipinski definition) is 3. The van der Waals surface area contributed by atoms with E-state index < -0.39 is 26.0 Å². The Morgan fingerprint density at radius 1 is 1.10 bits per heavy atom. The van der Waals surface area contributed by atoms with Crippen molar-refractivity contribution in [3.05, 3.63) is 47.5 Å². The third-order valence-electron chi connectivity index (χ3n) is 3.90. The Morgan fingerprint density at radius 3 is 2.43 bits per heavy atom. The zero-order chi connectivity index (χ0) is 22.4. The maximum Gasteiger partial charge on any atom is 0.242 e. The van der Waals surface area contributed by atoms with Gasteiger partial charge in [0.2, 0.25) is 26.0 Å². The van der Waals surface area contributed by atoms with Crippen LogP contribution in [0.15, 0.2) is 47.4 Å². The fraction of sp³-hybridized carbons (Fsp3) is 0.278. The summed E-state index contributed by atoms with van der Waals surface area (Å²) in [6.45, 7) is 1.37. The van der Waals surface area contributed by atoms with Gasteiger partial charge in [-0.15, -0.1) is 0 Å². The molecule has 0 heterocycles. The maximum absolute atomic E-state index is 12.3. The predicted octanol–water partition coefficient (Wildman–Crippen LogP) is 2.42. The zero-order valence-electron chi connectivity index (χ0n) is 16.3. The molecular weight excluding hydrogens is 454 g/mol. The SMILES string of the molecule is CCS(=O)(=O)Nc1ccc(NC(=O)CCNS(=O)(=O)c2ccccc2Cl)cc1OC. The number of hydrogen-bond acceptors (Lipinski definition) is 6. The number of carbonyl (C=O) groups excluding carboxylic acids is 1. The first-order valence-corrected chi connectivity index (χ1v) is 12.3. The number of carbonyl (C=O) groups is 1. The second kappa shape index (κ2) is 10.1. The standard InChI is InChI=1S/C18H22ClN3O6S2/c1-3-29(24,25)22-15-9-8-13(12-16(15)28-2)21-18(23)10-11-20-30(26,27)17-7-5-4-6-14(17)19/h4-9,12,20,22H,3,10-11H2,1-2H3,(H,21,23). The minimum absolute atomic E-state index is 0.0677. The zero-order valence-corrected chi connectivity index (χ0v) is 18.7. The van der Waals surface area contributed by atoms with Crippen LogP contribution in [0.1, 0.15) is 13.3 Å². The Morgan fingerprint density at radius 2 is 1.80 bits per heavy atom. The molecule has 0 spiro atoms. The van der Waals surface area contributed by atoms with E-state index in [1.165, 1.54) is 44.4 Å². The molecule has 0 fully saturated rings. The summed E-state index contributed by atoms with van der Waals surface area (Å²) in [5.74, 6) is -0.316. The molecule has 2 aromatic carbocycles. The lowest BCUT2D eigenvalue weighted by Crippen LogP contribution is -2.28. The molecule has 164 valence electrons. The molecule has 0 saturated carbocycles. The van der Waals surface area contributed by atoms with Crippen LogP contribution in [-0.4, -0.2) is 42.2 Å². The van der Waals surface area contributed by atoms with E-state index in [1.807, 2.05) is 0 Å². The number of sulfonamides is 2.